The van der Waals surface area contributed by atoms with Crippen molar-refractivity contribution in [2.75, 3.05) is 6.61 Å². The molecule has 1 aliphatic heterocycles. The highest BCUT2D eigenvalue weighted by Gasteiger charge is 2.62. The molecule has 1 saturated heterocycles. The maximum absolute atomic E-state index is 11.5. The first-order chi connectivity index (χ1) is 8.33. The Kier molecular flexibility index (Phi) is 3.89. The molecule has 0 spiro atoms. The van der Waals surface area contributed by atoms with Gasteiger partial charge >= 0.3 is 23.9 Å². The van der Waals surface area contributed by atoms with E-state index in [1.807, 2.05) is 0 Å². The van der Waals surface area contributed by atoms with Crippen molar-refractivity contribution in [3.8, 4) is 0 Å². The van der Waals surface area contributed by atoms with Crippen molar-refractivity contribution in [1.29, 1.82) is 0 Å². The van der Waals surface area contributed by atoms with Gasteiger partial charge in [-0.15, -0.1) is 0 Å². The molecule has 1 rings (SSSR count). The first kappa shape index (κ1) is 13.9. The normalized spacial score (nSPS) is 26.3. The fraction of sp³-hybridized carbons (Fsp3) is 0.600. The molecule has 0 aliphatic carbocycles. The van der Waals surface area contributed by atoms with Crippen LogP contribution in [0.25, 0.3) is 0 Å². The summed E-state index contributed by atoms with van der Waals surface area (Å²) in [7, 11) is 0. The summed E-state index contributed by atoms with van der Waals surface area (Å²) in [5.74, 6) is -4.59. The number of esters is 3. The van der Waals surface area contributed by atoms with Crippen molar-refractivity contribution >= 4 is 23.9 Å². The minimum Gasteiger partial charge on any atom is -0.478 e. The number of cyclic esters (lactones) is 1. The molecule has 0 saturated carbocycles. The lowest BCUT2D eigenvalue weighted by Gasteiger charge is -2.25. The Morgan fingerprint density at radius 2 is 2.11 bits per heavy atom. The van der Waals surface area contributed by atoms with Crippen LogP contribution in [-0.4, -0.2) is 47.3 Å². The highest BCUT2D eigenvalue weighted by Crippen LogP contribution is 2.32. The number of aliphatic carboxylic acids is 1. The molecule has 8 heteroatoms. The molecule has 0 aromatic rings. The van der Waals surface area contributed by atoms with Gasteiger partial charge in [0.15, 0.2) is 0 Å². The zero-order valence-electron chi connectivity index (χ0n) is 9.80. The smallest absolute Gasteiger partial charge is 0.353 e. The van der Waals surface area contributed by atoms with Gasteiger partial charge in [-0.05, 0) is 6.92 Å². The predicted molar refractivity (Wildman–Crippen MR) is 53.3 cm³/mol. The van der Waals surface area contributed by atoms with Crippen molar-refractivity contribution in [2.24, 2.45) is 0 Å². The van der Waals surface area contributed by atoms with Gasteiger partial charge in [0.1, 0.15) is 6.42 Å². The van der Waals surface area contributed by atoms with Crippen molar-refractivity contribution in [3.05, 3.63) is 0 Å². The van der Waals surface area contributed by atoms with E-state index in [-0.39, 0.29) is 6.61 Å². The van der Waals surface area contributed by atoms with Crippen LogP contribution in [0.1, 0.15) is 20.3 Å². The summed E-state index contributed by atoms with van der Waals surface area (Å²) >= 11 is 0. The van der Waals surface area contributed by atoms with Crippen LogP contribution in [0.3, 0.4) is 0 Å². The Morgan fingerprint density at radius 3 is 2.56 bits per heavy atom. The number of carbonyl (C=O) groups is 4. The van der Waals surface area contributed by atoms with Crippen LogP contribution in [0.4, 0.5) is 0 Å². The highest BCUT2D eigenvalue weighted by molar-refractivity contribution is 5.97. The van der Waals surface area contributed by atoms with E-state index in [1.54, 1.807) is 0 Å². The van der Waals surface area contributed by atoms with Gasteiger partial charge in [-0.3, -0.25) is 9.59 Å². The van der Waals surface area contributed by atoms with Crippen LogP contribution >= 0.6 is 0 Å². The minimum atomic E-state index is -2.35. The van der Waals surface area contributed by atoms with Gasteiger partial charge in [-0.2, -0.15) is 0 Å². The number of carboxylic acid groups (broad SMARTS) is 1. The summed E-state index contributed by atoms with van der Waals surface area (Å²) < 4.78 is 13.8. The molecule has 1 N–H and O–H groups in total. The van der Waals surface area contributed by atoms with E-state index in [1.165, 1.54) is 6.92 Å². The average molecular weight is 260 g/mol. The van der Waals surface area contributed by atoms with Crippen molar-refractivity contribution < 1.29 is 38.5 Å². The second kappa shape index (κ2) is 5.03. The van der Waals surface area contributed by atoms with Crippen LogP contribution < -0.4 is 0 Å². The van der Waals surface area contributed by atoms with Crippen molar-refractivity contribution in [2.45, 2.75) is 32.0 Å². The van der Waals surface area contributed by atoms with Gasteiger partial charge in [-0.25, -0.2) is 9.59 Å². The molecule has 0 aromatic heterocycles. The molecule has 8 nitrogen and oxygen atoms in total. The third-order valence-electron chi connectivity index (χ3n) is 2.27. The summed E-state index contributed by atoms with van der Waals surface area (Å²) in [6.45, 7) is 2.45. The molecule has 1 fully saturated rings. The Balaban J connectivity index is 3.11. The Bertz CT molecular complexity index is 401. The van der Waals surface area contributed by atoms with E-state index >= 15 is 0 Å². The molecule has 1 unspecified atom stereocenters. The van der Waals surface area contributed by atoms with Gasteiger partial charge in [0.05, 0.1) is 6.61 Å². The van der Waals surface area contributed by atoms with E-state index in [0.29, 0.717) is 0 Å². The molecule has 0 radical (unpaired) electrons. The lowest BCUT2D eigenvalue weighted by molar-refractivity contribution is -0.191. The molecule has 100 valence electrons. The number of hydrogen-bond acceptors (Lipinski definition) is 7. The van der Waals surface area contributed by atoms with E-state index in [4.69, 9.17) is 5.11 Å². The van der Waals surface area contributed by atoms with Crippen molar-refractivity contribution in [1.82, 2.24) is 0 Å². The van der Waals surface area contributed by atoms with Crippen LogP contribution in [0, 0.1) is 0 Å². The molecule has 0 aromatic carbocycles. The lowest BCUT2D eigenvalue weighted by atomic mass is 9.95. The van der Waals surface area contributed by atoms with Gasteiger partial charge in [0, 0.05) is 6.92 Å². The number of rotatable bonds is 4. The van der Waals surface area contributed by atoms with E-state index in [0.717, 1.165) is 6.92 Å². The van der Waals surface area contributed by atoms with Gasteiger partial charge in [0.2, 0.25) is 6.10 Å². The van der Waals surface area contributed by atoms with Crippen LogP contribution in [-0.2, 0) is 33.4 Å². The Morgan fingerprint density at radius 1 is 1.50 bits per heavy atom. The molecular formula is C10H12O8. The van der Waals surface area contributed by atoms with Crippen LogP contribution in [0.2, 0.25) is 0 Å². The van der Waals surface area contributed by atoms with Gasteiger partial charge in [-0.1, -0.05) is 0 Å². The predicted octanol–water partition coefficient (Wildman–Crippen LogP) is -0.748. The fourth-order valence-corrected chi connectivity index (χ4v) is 1.61. The highest BCUT2D eigenvalue weighted by atomic mass is 16.6. The molecular weight excluding hydrogens is 248 g/mol. The SMILES string of the molecule is CCOC(=O)[C@H]1OC(=O)CC1(OC(C)=O)C(=O)O. The molecule has 1 heterocycles. The summed E-state index contributed by atoms with van der Waals surface area (Å²) in [5.41, 5.74) is -2.35. The maximum atomic E-state index is 11.5. The molecule has 0 amide bonds. The quantitative estimate of drug-likeness (QED) is 0.518. The second-order valence-electron chi connectivity index (χ2n) is 3.59. The number of hydrogen-bond donors (Lipinski definition) is 1. The molecule has 18 heavy (non-hydrogen) atoms. The second-order valence-corrected chi connectivity index (χ2v) is 3.59. The largest absolute Gasteiger partial charge is 0.478 e. The topological polar surface area (TPSA) is 116 Å². The number of carboxylic acids is 1. The zero-order valence-corrected chi connectivity index (χ0v) is 9.80. The summed E-state index contributed by atoms with van der Waals surface area (Å²) in [6.07, 6.45) is -2.52. The van der Waals surface area contributed by atoms with Gasteiger partial charge < -0.3 is 19.3 Å². The molecule has 1 aliphatic rings. The van der Waals surface area contributed by atoms with E-state index in [2.05, 4.69) is 14.2 Å². The lowest BCUT2D eigenvalue weighted by Crippen LogP contribution is -2.53. The monoisotopic (exact) mass is 260 g/mol. The number of carbonyl (C=O) groups excluding carboxylic acids is 3. The van der Waals surface area contributed by atoms with E-state index in [9.17, 15) is 19.2 Å². The Labute approximate surface area is 102 Å². The zero-order chi connectivity index (χ0) is 13.9. The first-order valence-electron chi connectivity index (χ1n) is 5.12. The van der Waals surface area contributed by atoms with Crippen LogP contribution in [0.15, 0.2) is 0 Å². The van der Waals surface area contributed by atoms with E-state index < -0.39 is 42.0 Å². The molecule has 0 bridgehead atoms. The number of ether oxygens (including phenoxy) is 3. The summed E-state index contributed by atoms with van der Waals surface area (Å²) in [6, 6.07) is 0. The fourth-order valence-electron chi connectivity index (χ4n) is 1.61. The standard InChI is InChI=1S/C10H12O8/c1-3-16-8(13)7-10(9(14)15,18-5(2)11)4-6(12)17-7/h7H,3-4H2,1-2H3,(H,14,15)/t7-,10?/m1/s1. The van der Waals surface area contributed by atoms with Crippen LogP contribution in [0.5, 0.6) is 0 Å². The summed E-state index contributed by atoms with van der Waals surface area (Å²) in [4.78, 5) is 44.9. The van der Waals surface area contributed by atoms with Crippen molar-refractivity contribution in [3.63, 3.8) is 0 Å². The first-order valence-corrected chi connectivity index (χ1v) is 5.12. The Hall–Kier alpha value is -2.12. The van der Waals surface area contributed by atoms with Gasteiger partial charge in [0.25, 0.3) is 5.60 Å². The average Bonchev–Trinajstić information content (AvgIpc) is 2.56. The maximum Gasteiger partial charge on any atom is 0.353 e. The summed E-state index contributed by atoms with van der Waals surface area (Å²) in [5, 5.41) is 9.10. The molecule has 2 atom stereocenters. The minimum absolute atomic E-state index is 0.0251. The third kappa shape index (κ3) is 2.41. The third-order valence-corrected chi connectivity index (χ3v) is 2.27.